The Morgan fingerprint density at radius 2 is 2.12 bits per heavy atom. The van der Waals surface area contributed by atoms with Crippen LogP contribution in [0.2, 0.25) is 0 Å². The fraction of sp³-hybridized carbons (Fsp3) is 0.538. The van der Waals surface area contributed by atoms with Crippen molar-refractivity contribution in [1.29, 1.82) is 0 Å². The molecule has 0 amide bonds. The number of hydrogen-bond donors (Lipinski definition) is 1. The van der Waals surface area contributed by atoms with E-state index in [4.69, 9.17) is 15.2 Å². The summed E-state index contributed by atoms with van der Waals surface area (Å²) < 4.78 is 10.5. The van der Waals surface area contributed by atoms with Gasteiger partial charge in [0.15, 0.2) is 0 Å². The van der Waals surface area contributed by atoms with E-state index in [0.717, 1.165) is 45.0 Å². The maximum Gasteiger partial charge on any atom is 0.142 e. The lowest BCUT2D eigenvalue weighted by molar-refractivity contribution is 0.0384. The van der Waals surface area contributed by atoms with Gasteiger partial charge in [-0.2, -0.15) is 0 Å². The molecule has 0 spiro atoms. The van der Waals surface area contributed by atoms with Gasteiger partial charge in [0.25, 0.3) is 0 Å². The SMILES string of the molecule is COc1cc(CCN2CCOCC2)ccc1N. The highest BCUT2D eigenvalue weighted by atomic mass is 16.5. The van der Waals surface area contributed by atoms with Crippen molar-refractivity contribution in [2.75, 3.05) is 45.7 Å². The molecule has 0 aliphatic carbocycles. The van der Waals surface area contributed by atoms with Crippen LogP contribution in [-0.2, 0) is 11.2 Å². The quantitative estimate of drug-likeness (QED) is 0.797. The van der Waals surface area contributed by atoms with E-state index in [1.54, 1.807) is 7.11 Å². The van der Waals surface area contributed by atoms with E-state index < -0.39 is 0 Å². The lowest BCUT2D eigenvalue weighted by Gasteiger charge is -2.26. The van der Waals surface area contributed by atoms with Crippen LogP contribution in [0.25, 0.3) is 0 Å². The summed E-state index contributed by atoms with van der Waals surface area (Å²) in [6.45, 7) is 4.84. The van der Waals surface area contributed by atoms with Crippen LogP contribution in [-0.4, -0.2) is 44.9 Å². The summed E-state index contributed by atoms with van der Waals surface area (Å²) in [5.41, 5.74) is 7.75. The molecule has 1 aromatic carbocycles. The Morgan fingerprint density at radius 1 is 1.35 bits per heavy atom. The molecule has 0 unspecified atom stereocenters. The number of hydrogen-bond acceptors (Lipinski definition) is 4. The number of nitrogen functional groups attached to an aromatic ring is 1. The van der Waals surface area contributed by atoms with Crippen molar-refractivity contribution in [2.24, 2.45) is 0 Å². The van der Waals surface area contributed by atoms with Crippen molar-refractivity contribution in [3.63, 3.8) is 0 Å². The fourth-order valence-corrected chi connectivity index (χ4v) is 2.02. The Bertz CT molecular complexity index is 362. The van der Waals surface area contributed by atoms with Crippen molar-refractivity contribution in [3.05, 3.63) is 23.8 Å². The molecule has 94 valence electrons. The van der Waals surface area contributed by atoms with Gasteiger partial charge in [-0.1, -0.05) is 6.07 Å². The predicted molar refractivity (Wildman–Crippen MR) is 68.4 cm³/mol. The van der Waals surface area contributed by atoms with Crippen LogP contribution in [0.15, 0.2) is 18.2 Å². The zero-order chi connectivity index (χ0) is 12.1. The minimum atomic E-state index is 0.697. The van der Waals surface area contributed by atoms with Gasteiger partial charge in [0.05, 0.1) is 26.0 Å². The highest BCUT2D eigenvalue weighted by Crippen LogP contribution is 2.22. The first kappa shape index (κ1) is 12.2. The minimum absolute atomic E-state index is 0.697. The first-order chi connectivity index (χ1) is 8.29. The number of anilines is 1. The van der Waals surface area contributed by atoms with Crippen LogP contribution >= 0.6 is 0 Å². The molecule has 0 bridgehead atoms. The molecule has 17 heavy (non-hydrogen) atoms. The minimum Gasteiger partial charge on any atom is -0.495 e. The molecule has 0 radical (unpaired) electrons. The van der Waals surface area contributed by atoms with Gasteiger partial charge in [-0.15, -0.1) is 0 Å². The number of benzene rings is 1. The van der Waals surface area contributed by atoms with Gasteiger partial charge < -0.3 is 15.2 Å². The fourth-order valence-electron chi connectivity index (χ4n) is 2.02. The van der Waals surface area contributed by atoms with Crippen molar-refractivity contribution < 1.29 is 9.47 Å². The number of rotatable bonds is 4. The lowest BCUT2D eigenvalue weighted by atomic mass is 10.1. The van der Waals surface area contributed by atoms with Crippen LogP contribution in [0.5, 0.6) is 5.75 Å². The lowest BCUT2D eigenvalue weighted by Crippen LogP contribution is -2.37. The van der Waals surface area contributed by atoms with Crippen molar-refractivity contribution >= 4 is 5.69 Å². The monoisotopic (exact) mass is 236 g/mol. The van der Waals surface area contributed by atoms with Crippen molar-refractivity contribution in [1.82, 2.24) is 4.90 Å². The molecule has 0 saturated carbocycles. The molecule has 2 N–H and O–H groups in total. The first-order valence-corrected chi connectivity index (χ1v) is 6.02. The average Bonchev–Trinajstić information content (AvgIpc) is 2.39. The molecule has 1 heterocycles. The topological polar surface area (TPSA) is 47.7 Å². The largest absolute Gasteiger partial charge is 0.495 e. The van der Waals surface area contributed by atoms with Gasteiger partial charge >= 0.3 is 0 Å². The van der Waals surface area contributed by atoms with Crippen LogP contribution in [0, 0.1) is 0 Å². The molecule has 2 rings (SSSR count). The van der Waals surface area contributed by atoms with Crippen LogP contribution in [0.1, 0.15) is 5.56 Å². The van der Waals surface area contributed by atoms with E-state index in [2.05, 4.69) is 11.0 Å². The molecule has 1 fully saturated rings. The van der Waals surface area contributed by atoms with Gasteiger partial charge in [-0.3, -0.25) is 4.90 Å². The van der Waals surface area contributed by atoms with E-state index in [1.165, 1.54) is 5.56 Å². The highest BCUT2D eigenvalue weighted by Gasteiger charge is 2.10. The third-order valence-corrected chi connectivity index (χ3v) is 3.12. The summed E-state index contributed by atoms with van der Waals surface area (Å²) in [7, 11) is 1.65. The number of nitrogens with two attached hydrogens (primary N) is 1. The number of methoxy groups -OCH3 is 1. The summed E-state index contributed by atoms with van der Waals surface area (Å²) in [5.74, 6) is 0.768. The maximum atomic E-state index is 5.79. The van der Waals surface area contributed by atoms with Crippen LogP contribution in [0.4, 0.5) is 5.69 Å². The molecule has 1 saturated heterocycles. The Labute approximate surface area is 102 Å². The van der Waals surface area contributed by atoms with Crippen LogP contribution in [0.3, 0.4) is 0 Å². The van der Waals surface area contributed by atoms with E-state index in [-0.39, 0.29) is 0 Å². The normalized spacial score (nSPS) is 17.0. The van der Waals surface area contributed by atoms with Crippen LogP contribution < -0.4 is 10.5 Å². The standard InChI is InChI=1S/C13H20N2O2/c1-16-13-10-11(2-3-12(13)14)4-5-15-6-8-17-9-7-15/h2-3,10H,4-9,14H2,1H3. The van der Waals surface area contributed by atoms with E-state index in [9.17, 15) is 0 Å². The second kappa shape index (κ2) is 5.89. The summed E-state index contributed by atoms with van der Waals surface area (Å²) in [6.07, 6.45) is 1.02. The van der Waals surface area contributed by atoms with Gasteiger partial charge in [0, 0.05) is 19.6 Å². The molecule has 1 aromatic rings. The average molecular weight is 236 g/mol. The molecular weight excluding hydrogens is 216 g/mol. The molecular formula is C13H20N2O2. The number of morpholine rings is 1. The second-order valence-corrected chi connectivity index (χ2v) is 4.28. The smallest absolute Gasteiger partial charge is 0.142 e. The van der Waals surface area contributed by atoms with E-state index in [1.807, 2.05) is 12.1 Å². The maximum absolute atomic E-state index is 5.79. The van der Waals surface area contributed by atoms with Gasteiger partial charge in [-0.05, 0) is 24.1 Å². The zero-order valence-corrected chi connectivity index (χ0v) is 10.3. The van der Waals surface area contributed by atoms with E-state index in [0.29, 0.717) is 5.69 Å². The van der Waals surface area contributed by atoms with Gasteiger partial charge in [0.2, 0.25) is 0 Å². The Morgan fingerprint density at radius 3 is 2.82 bits per heavy atom. The number of nitrogens with zero attached hydrogens (tertiary/aromatic N) is 1. The molecule has 4 nitrogen and oxygen atoms in total. The third-order valence-electron chi connectivity index (χ3n) is 3.12. The Hall–Kier alpha value is -1.26. The summed E-state index contributed by atoms with van der Waals surface area (Å²) in [4.78, 5) is 2.42. The summed E-state index contributed by atoms with van der Waals surface area (Å²) in [5, 5.41) is 0. The summed E-state index contributed by atoms with van der Waals surface area (Å²) >= 11 is 0. The molecule has 1 aliphatic rings. The highest BCUT2D eigenvalue weighted by molar-refractivity contribution is 5.53. The summed E-state index contributed by atoms with van der Waals surface area (Å²) in [6, 6.07) is 6.00. The zero-order valence-electron chi connectivity index (χ0n) is 10.3. The van der Waals surface area contributed by atoms with E-state index >= 15 is 0 Å². The molecule has 0 aromatic heterocycles. The van der Waals surface area contributed by atoms with Crippen molar-refractivity contribution in [3.8, 4) is 5.75 Å². The third kappa shape index (κ3) is 3.35. The molecule has 4 heteroatoms. The first-order valence-electron chi connectivity index (χ1n) is 6.02. The molecule has 0 atom stereocenters. The molecule has 1 aliphatic heterocycles. The predicted octanol–water partition coefficient (Wildman–Crippen LogP) is 1.15. The van der Waals surface area contributed by atoms with Crippen molar-refractivity contribution in [2.45, 2.75) is 6.42 Å². The van der Waals surface area contributed by atoms with Gasteiger partial charge in [0.1, 0.15) is 5.75 Å². The number of ether oxygens (including phenoxy) is 2. The van der Waals surface area contributed by atoms with Gasteiger partial charge in [-0.25, -0.2) is 0 Å². The second-order valence-electron chi connectivity index (χ2n) is 4.28. The Kier molecular flexibility index (Phi) is 4.23. The Balaban J connectivity index is 1.89.